The van der Waals surface area contributed by atoms with Crippen LogP contribution < -0.4 is 19.1 Å². The first-order valence-electron chi connectivity index (χ1n) is 13.5. The van der Waals surface area contributed by atoms with Crippen molar-refractivity contribution in [3.63, 3.8) is 0 Å². The van der Waals surface area contributed by atoms with Gasteiger partial charge in [0.2, 0.25) is 0 Å². The minimum absolute atomic E-state index is 0.0471. The Bertz CT molecular complexity index is 1600. The van der Waals surface area contributed by atoms with E-state index in [4.69, 9.17) is 14.2 Å². The molecule has 2 aromatic carbocycles. The zero-order valence-electron chi connectivity index (χ0n) is 23.1. The number of thiazole rings is 1. The van der Waals surface area contributed by atoms with Crippen molar-refractivity contribution in [3.8, 4) is 17.2 Å². The van der Waals surface area contributed by atoms with Crippen molar-refractivity contribution < 1.29 is 28.9 Å². The number of Topliss-reactive ketones (excluding diaryl/α,β-unsaturated/α-hetero) is 1. The van der Waals surface area contributed by atoms with Gasteiger partial charge >= 0.3 is 5.91 Å². The largest absolute Gasteiger partial charge is 0.507 e. The number of aliphatic hydroxyl groups excluding tert-OH is 1. The third kappa shape index (κ3) is 5.60. The number of aliphatic hydroxyl groups is 1. The molecule has 10 heteroatoms. The number of methoxy groups -OCH3 is 1. The molecule has 1 atom stereocenters. The van der Waals surface area contributed by atoms with E-state index in [1.54, 1.807) is 30.3 Å². The van der Waals surface area contributed by atoms with Gasteiger partial charge in [-0.15, -0.1) is 0 Å². The number of hydrogen-bond acceptors (Lipinski definition) is 9. The number of rotatable bonds is 11. The average Bonchev–Trinajstić information content (AvgIpc) is 3.53. The second-order valence-corrected chi connectivity index (χ2v) is 10.4. The fraction of sp³-hybridized carbons (Fsp3) is 0.290. The lowest BCUT2D eigenvalue weighted by atomic mass is 9.95. The summed E-state index contributed by atoms with van der Waals surface area (Å²) in [5, 5.41) is 11.7. The number of aromatic nitrogens is 2. The quantitative estimate of drug-likeness (QED) is 0.0964. The van der Waals surface area contributed by atoms with E-state index in [1.807, 2.05) is 25.1 Å². The molecule has 4 aromatic rings. The summed E-state index contributed by atoms with van der Waals surface area (Å²) in [5.41, 5.74) is 1.55. The third-order valence-corrected chi connectivity index (χ3v) is 7.79. The van der Waals surface area contributed by atoms with Gasteiger partial charge in [-0.3, -0.25) is 19.5 Å². The molecule has 5 rings (SSSR count). The molecule has 0 aliphatic carbocycles. The predicted molar refractivity (Wildman–Crippen MR) is 158 cm³/mol. The van der Waals surface area contributed by atoms with Crippen LogP contribution in [-0.2, 0) is 9.59 Å². The Labute approximate surface area is 242 Å². The first kappa shape index (κ1) is 28.1. The summed E-state index contributed by atoms with van der Waals surface area (Å²) in [7, 11) is 1.54. The summed E-state index contributed by atoms with van der Waals surface area (Å²) in [6.07, 6.45) is 6.07. The van der Waals surface area contributed by atoms with Gasteiger partial charge in [0.15, 0.2) is 16.6 Å². The molecule has 1 aliphatic rings. The summed E-state index contributed by atoms with van der Waals surface area (Å²) >= 11 is 1.27. The maximum absolute atomic E-state index is 13.6. The summed E-state index contributed by atoms with van der Waals surface area (Å²) < 4.78 is 18.0. The van der Waals surface area contributed by atoms with Crippen molar-refractivity contribution in [2.75, 3.05) is 25.2 Å². The van der Waals surface area contributed by atoms with Gasteiger partial charge in [-0.05, 0) is 61.4 Å². The highest BCUT2D eigenvalue weighted by molar-refractivity contribution is 7.22. The second kappa shape index (κ2) is 12.4. The highest BCUT2D eigenvalue weighted by Gasteiger charge is 2.48. The van der Waals surface area contributed by atoms with Crippen LogP contribution in [0.2, 0.25) is 0 Å². The number of pyridine rings is 1. The molecule has 3 heterocycles. The molecule has 0 bridgehead atoms. The van der Waals surface area contributed by atoms with E-state index in [0.717, 1.165) is 24.0 Å². The zero-order valence-corrected chi connectivity index (χ0v) is 23.9. The van der Waals surface area contributed by atoms with E-state index in [-0.39, 0.29) is 11.3 Å². The number of ether oxygens (including phenoxy) is 3. The van der Waals surface area contributed by atoms with Crippen LogP contribution >= 0.6 is 11.3 Å². The molecule has 1 unspecified atom stereocenters. The van der Waals surface area contributed by atoms with Crippen molar-refractivity contribution in [3.05, 3.63) is 77.6 Å². The third-order valence-electron chi connectivity index (χ3n) is 6.77. The fourth-order valence-electron chi connectivity index (χ4n) is 4.77. The number of nitrogens with zero attached hydrogens (tertiary/aromatic N) is 3. The Hall–Kier alpha value is -4.44. The van der Waals surface area contributed by atoms with Crippen molar-refractivity contribution in [2.45, 2.75) is 39.2 Å². The Balaban J connectivity index is 1.63. The van der Waals surface area contributed by atoms with E-state index in [2.05, 4.69) is 16.9 Å². The molecule has 1 aliphatic heterocycles. The molecule has 0 radical (unpaired) electrons. The van der Waals surface area contributed by atoms with Crippen molar-refractivity contribution >= 4 is 44.1 Å². The minimum atomic E-state index is -0.960. The highest BCUT2D eigenvalue weighted by atomic mass is 32.1. The van der Waals surface area contributed by atoms with Crippen LogP contribution in [0.25, 0.3) is 16.0 Å². The van der Waals surface area contributed by atoms with Crippen molar-refractivity contribution in [1.82, 2.24) is 9.97 Å². The molecule has 2 aromatic heterocycles. The first-order chi connectivity index (χ1) is 20.0. The maximum atomic E-state index is 13.6. The number of carbonyl (C=O) groups is 2. The lowest BCUT2D eigenvalue weighted by Gasteiger charge is -2.24. The van der Waals surface area contributed by atoms with Crippen LogP contribution in [0.15, 0.2) is 66.5 Å². The van der Waals surface area contributed by atoms with Gasteiger partial charge in [0, 0.05) is 18.0 Å². The van der Waals surface area contributed by atoms with Gasteiger partial charge in [-0.25, -0.2) is 4.98 Å². The van der Waals surface area contributed by atoms with Gasteiger partial charge in [0.1, 0.15) is 11.5 Å². The monoisotopic (exact) mass is 573 g/mol. The van der Waals surface area contributed by atoms with E-state index in [1.165, 1.54) is 35.7 Å². The molecule has 0 spiro atoms. The first-order valence-corrected chi connectivity index (χ1v) is 14.3. The molecule has 1 amide bonds. The molecule has 0 saturated carbocycles. The fourth-order valence-corrected chi connectivity index (χ4v) is 5.79. The zero-order chi connectivity index (χ0) is 28.9. The van der Waals surface area contributed by atoms with E-state index in [9.17, 15) is 14.7 Å². The van der Waals surface area contributed by atoms with Gasteiger partial charge in [0.25, 0.3) is 5.78 Å². The molecule has 1 N–H and O–H groups in total. The van der Waals surface area contributed by atoms with Crippen molar-refractivity contribution in [1.29, 1.82) is 0 Å². The van der Waals surface area contributed by atoms with Gasteiger partial charge in [-0.1, -0.05) is 37.2 Å². The van der Waals surface area contributed by atoms with Crippen LogP contribution in [0.3, 0.4) is 0 Å². The smallest absolute Gasteiger partial charge is 0.301 e. The molecule has 1 saturated heterocycles. The molecule has 9 nitrogen and oxygen atoms in total. The molecular formula is C31H31N3O6S. The molecule has 212 valence electrons. The number of carbonyl (C=O) groups excluding carboxylic acids is 2. The number of anilines is 1. The average molecular weight is 574 g/mol. The van der Waals surface area contributed by atoms with Gasteiger partial charge in [-0.2, -0.15) is 0 Å². The van der Waals surface area contributed by atoms with Gasteiger partial charge < -0.3 is 19.3 Å². The number of ketones is 1. The molecule has 1 fully saturated rings. The minimum Gasteiger partial charge on any atom is -0.507 e. The Kier molecular flexibility index (Phi) is 8.49. The standard InChI is InChI=1S/C31H31N3O6S/c1-4-6-7-16-40-23-11-8-20(17-24(23)38-3)27-26(28(35)19-12-14-32-15-13-19)29(36)30(37)34(27)31-33-22-10-9-21(39-5-2)18-25(22)41-31/h8-15,17-18,27,35H,4-7,16H2,1-3H3/b28-26+. The van der Waals surface area contributed by atoms with E-state index < -0.39 is 17.7 Å². The van der Waals surface area contributed by atoms with E-state index in [0.29, 0.717) is 52.2 Å². The normalized spacial score (nSPS) is 16.4. The van der Waals surface area contributed by atoms with Gasteiger partial charge in [0.05, 0.1) is 42.2 Å². The molecular weight excluding hydrogens is 542 g/mol. The van der Waals surface area contributed by atoms with Crippen LogP contribution in [-0.4, -0.2) is 47.1 Å². The van der Waals surface area contributed by atoms with Crippen molar-refractivity contribution in [2.24, 2.45) is 0 Å². The lowest BCUT2D eigenvalue weighted by Crippen LogP contribution is -2.29. The molecule has 41 heavy (non-hydrogen) atoms. The van der Waals surface area contributed by atoms with Crippen LogP contribution in [0.5, 0.6) is 17.2 Å². The summed E-state index contributed by atoms with van der Waals surface area (Å²) in [4.78, 5) is 37.2. The van der Waals surface area contributed by atoms with Crippen LogP contribution in [0, 0.1) is 0 Å². The lowest BCUT2D eigenvalue weighted by molar-refractivity contribution is -0.132. The topological polar surface area (TPSA) is 111 Å². The van der Waals surface area contributed by atoms with E-state index >= 15 is 0 Å². The predicted octanol–water partition coefficient (Wildman–Crippen LogP) is 6.29. The summed E-state index contributed by atoms with van der Waals surface area (Å²) in [5.74, 6) is -0.186. The van der Waals surface area contributed by atoms with Crippen LogP contribution in [0.4, 0.5) is 5.13 Å². The Morgan fingerprint density at radius 3 is 2.54 bits per heavy atom. The second-order valence-electron chi connectivity index (χ2n) is 9.43. The number of hydrogen-bond donors (Lipinski definition) is 1. The number of benzene rings is 2. The number of unbranched alkanes of at least 4 members (excludes halogenated alkanes) is 2. The van der Waals surface area contributed by atoms with Crippen LogP contribution in [0.1, 0.15) is 50.3 Å². The number of fused-ring (bicyclic) bond motifs is 1. The Morgan fingerprint density at radius 2 is 1.80 bits per heavy atom. The maximum Gasteiger partial charge on any atom is 0.301 e. The Morgan fingerprint density at radius 1 is 1.00 bits per heavy atom. The highest BCUT2D eigenvalue weighted by Crippen LogP contribution is 2.46. The SMILES string of the molecule is CCCCCOc1ccc(C2/C(=C(\O)c3ccncc3)C(=O)C(=O)N2c2nc3ccc(OCC)cc3s2)cc1OC. The summed E-state index contributed by atoms with van der Waals surface area (Å²) in [6.45, 7) is 5.09. The summed E-state index contributed by atoms with van der Waals surface area (Å²) in [6, 6.07) is 13.0. The number of amides is 1.